The van der Waals surface area contributed by atoms with Crippen LogP contribution in [0.4, 0.5) is 0 Å². The fourth-order valence-corrected chi connectivity index (χ4v) is 3.11. The Morgan fingerprint density at radius 1 is 1.75 bits per heavy atom. The number of hydrogen-bond donors (Lipinski definition) is 2. The van der Waals surface area contributed by atoms with Gasteiger partial charge in [0.1, 0.15) is 17.2 Å². The second-order valence-corrected chi connectivity index (χ2v) is 5.35. The molecule has 1 fully saturated rings. The Morgan fingerprint density at radius 3 is 2.88 bits per heavy atom. The van der Waals surface area contributed by atoms with Gasteiger partial charge >= 0.3 is 5.97 Å². The first kappa shape index (κ1) is 11.3. The summed E-state index contributed by atoms with van der Waals surface area (Å²) in [6.45, 7) is 1.54. The molecule has 3 N–H and O–H groups in total. The molecule has 0 aromatic heterocycles. The van der Waals surface area contributed by atoms with Crippen molar-refractivity contribution in [2.75, 3.05) is 7.11 Å². The number of amides is 1. The van der Waals surface area contributed by atoms with Gasteiger partial charge in [0.25, 0.3) is 0 Å². The number of nitrogens with two attached hydrogens (primary N) is 1. The molecule has 0 aromatic carbocycles. The maximum atomic E-state index is 11.4. The number of thioether (sulfide) groups is 1. The van der Waals surface area contributed by atoms with E-state index in [0.29, 0.717) is 0 Å². The van der Waals surface area contributed by atoms with Gasteiger partial charge in [0, 0.05) is 6.20 Å². The Morgan fingerprint density at radius 2 is 2.38 bits per heavy atom. The van der Waals surface area contributed by atoms with Crippen LogP contribution in [0.3, 0.4) is 0 Å². The Balaban J connectivity index is 2.38. The predicted octanol–water partition coefficient (Wildman–Crippen LogP) is -0.440. The lowest BCUT2D eigenvalue weighted by Crippen LogP contribution is -2.68. The lowest BCUT2D eigenvalue weighted by atomic mass is 10.1. The maximum Gasteiger partial charge on any atom is 0.327 e. The monoisotopic (exact) mass is 244 g/mol. The molecule has 6 nitrogen and oxygen atoms in total. The molecule has 7 heteroatoms. The number of carboxylic acid groups (broad SMARTS) is 1. The number of carbonyl (C=O) groups excluding carboxylic acids is 1. The van der Waals surface area contributed by atoms with E-state index in [1.807, 2.05) is 0 Å². The van der Waals surface area contributed by atoms with Crippen molar-refractivity contribution in [3.05, 3.63) is 12.0 Å². The molecule has 0 aromatic rings. The van der Waals surface area contributed by atoms with Crippen molar-refractivity contribution in [1.82, 2.24) is 4.90 Å². The van der Waals surface area contributed by atoms with Crippen LogP contribution in [-0.4, -0.2) is 45.2 Å². The number of aliphatic carboxylic acids is 1. The van der Waals surface area contributed by atoms with Gasteiger partial charge in [0.05, 0.1) is 7.11 Å². The molecule has 0 radical (unpaired) electrons. The maximum absolute atomic E-state index is 11.4. The molecule has 2 heterocycles. The molecule has 0 aliphatic carbocycles. The van der Waals surface area contributed by atoms with E-state index >= 15 is 0 Å². The molecule has 2 unspecified atom stereocenters. The first-order chi connectivity index (χ1) is 7.41. The van der Waals surface area contributed by atoms with Crippen LogP contribution < -0.4 is 5.73 Å². The molecule has 2 aliphatic rings. The van der Waals surface area contributed by atoms with Crippen molar-refractivity contribution < 1.29 is 19.4 Å². The van der Waals surface area contributed by atoms with Crippen molar-refractivity contribution in [2.24, 2.45) is 5.73 Å². The fraction of sp³-hybridized carbons (Fsp3) is 0.556. The summed E-state index contributed by atoms with van der Waals surface area (Å²) in [7, 11) is 1.39. The van der Waals surface area contributed by atoms with Gasteiger partial charge in [-0.2, -0.15) is 0 Å². The van der Waals surface area contributed by atoms with Crippen molar-refractivity contribution in [3.63, 3.8) is 0 Å². The average molecular weight is 244 g/mol. The van der Waals surface area contributed by atoms with Gasteiger partial charge in [-0.15, -0.1) is 11.8 Å². The first-order valence-electron chi connectivity index (χ1n) is 4.67. The molecule has 88 valence electrons. The lowest BCUT2D eigenvalue weighted by Gasteiger charge is -2.49. The zero-order chi connectivity index (χ0) is 12.1. The van der Waals surface area contributed by atoms with E-state index in [-0.39, 0.29) is 17.0 Å². The summed E-state index contributed by atoms with van der Waals surface area (Å²) in [4.78, 5) is 24.0. The number of ether oxygens (including phenoxy) is 1. The topological polar surface area (TPSA) is 92.9 Å². The average Bonchev–Trinajstić information content (AvgIpc) is 2.27. The third-order valence-corrected chi connectivity index (χ3v) is 4.44. The Kier molecular flexibility index (Phi) is 2.39. The highest BCUT2D eigenvalue weighted by molar-refractivity contribution is 8.02. The van der Waals surface area contributed by atoms with Gasteiger partial charge in [-0.3, -0.25) is 14.5 Å². The summed E-state index contributed by atoms with van der Waals surface area (Å²) >= 11 is 1.12. The molecule has 2 rings (SSSR count). The minimum Gasteiger partial charge on any atom is -0.497 e. The highest BCUT2D eigenvalue weighted by Gasteiger charge is 2.56. The summed E-state index contributed by atoms with van der Waals surface area (Å²) < 4.78 is 3.84. The summed E-state index contributed by atoms with van der Waals surface area (Å²) in [6.07, 6.45) is 1.43. The quantitative estimate of drug-likeness (QED) is 0.640. The highest BCUT2D eigenvalue weighted by Crippen LogP contribution is 2.46. The summed E-state index contributed by atoms with van der Waals surface area (Å²) in [6, 6.07) is -0.627. The number of fused-ring (bicyclic) bond motifs is 1. The van der Waals surface area contributed by atoms with E-state index in [9.17, 15) is 14.7 Å². The van der Waals surface area contributed by atoms with Gasteiger partial charge in [-0.1, -0.05) is 0 Å². The minimum atomic E-state index is -1.19. The number of rotatable bonds is 2. The van der Waals surface area contributed by atoms with Gasteiger partial charge < -0.3 is 15.6 Å². The van der Waals surface area contributed by atoms with Gasteiger partial charge in [-0.25, -0.2) is 0 Å². The van der Waals surface area contributed by atoms with Gasteiger partial charge in [-0.05, 0) is 6.92 Å². The molecular formula is C9H12N2O4S. The third-order valence-electron chi connectivity index (χ3n) is 2.83. The highest BCUT2D eigenvalue weighted by atomic mass is 32.2. The normalized spacial score (nSPS) is 37.3. The van der Waals surface area contributed by atoms with Crippen LogP contribution >= 0.6 is 11.8 Å². The van der Waals surface area contributed by atoms with Crippen LogP contribution in [0.15, 0.2) is 12.0 Å². The second-order valence-electron chi connectivity index (χ2n) is 3.82. The van der Waals surface area contributed by atoms with E-state index < -0.39 is 16.8 Å². The summed E-state index contributed by atoms with van der Waals surface area (Å²) in [5.41, 5.74) is 5.61. The van der Waals surface area contributed by atoms with E-state index in [1.165, 1.54) is 18.2 Å². The molecule has 3 atom stereocenters. The minimum absolute atomic E-state index is 0.209. The fourth-order valence-electron chi connectivity index (χ4n) is 1.73. The second kappa shape index (κ2) is 3.39. The summed E-state index contributed by atoms with van der Waals surface area (Å²) in [5.74, 6) is -0.960. The number of nitrogens with zero attached hydrogens (tertiary/aromatic N) is 1. The van der Waals surface area contributed by atoms with Crippen molar-refractivity contribution in [2.45, 2.75) is 23.1 Å². The molecule has 0 bridgehead atoms. The van der Waals surface area contributed by atoms with Crippen LogP contribution in [0.2, 0.25) is 0 Å². The van der Waals surface area contributed by atoms with Crippen LogP contribution in [0.5, 0.6) is 0 Å². The van der Waals surface area contributed by atoms with Gasteiger partial charge in [0.15, 0.2) is 4.75 Å². The summed E-state index contributed by atoms with van der Waals surface area (Å²) in [5, 5.41) is 8.88. The number of carbonyl (C=O) groups is 2. The van der Waals surface area contributed by atoms with Gasteiger partial charge in [0.2, 0.25) is 5.91 Å². The van der Waals surface area contributed by atoms with E-state index in [2.05, 4.69) is 0 Å². The van der Waals surface area contributed by atoms with Crippen LogP contribution in [0, 0.1) is 0 Å². The molecule has 0 saturated carbocycles. The lowest BCUT2D eigenvalue weighted by molar-refractivity contribution is -0.143. The molecule has 1 saturated heterocycles. The van der Waals surface area contributed by atoms with Crippen LogP contribution in [0.1, 0.15) is 6.92 Å². The number of carboxylic acids is 1. The largest absolute Gasteiger partial charge is 0.497 e. The predicted molar refractivity (Wildman–Crippen MR) is 57.3 cm³/mol. The van der Waals surface area contributed by atoms with E-state index in [1.54, 1.807) is 6.92 Å². The van der Waals surface area contributed by atoms with Crippen LogP contribution in [-0.2, 0) is 14.3 Å². The number of methoxy groups -OCH3 is 1. The standard InChI is InChI=1S/C9H12N2O4S/c1-9(8(13)14)4(15-2)3-11-6(12)5(10)7(11)16-9/h3,5,7H,10H2,1-2H3,(H,13,14)/t5?,7-,9?/m1/s1. The number of hydrogen-bond acceptors (Lipinski definition) is 5. The third kappa shape index (κ3) is 1.24. The molecule has 2 aliphatic heterocycles. The zero-order valence-electron chi connectivity index (χ0n) is 8.84. The number of β-lactam (4-membered cyclic amide) rings is 1. The molecule has 1 amide bonds. The van der Waals surface area contributed by atoms with E-state index in [4.69, 9.17) is 10.5 Å². The Hall–Kier alpha value is -1.21. The van der Waals surface area contributed by atoms with Crippen molar-refractivity contribution >= 4 is 23.6 Å². The van der Waals surface area contributed by atoms with Crippen molar-refractivity contribution in [3.8, 4) is 0 Å². The first-order valence-corrected chi connectivity index (χ1v) is 5.55. The zero-order valence-corrected chi connectivity index (χ0v) is 9.65. The smallest absolute Gasteiger partial charge is 0.327 e. The van der Waals surface area contributed by atoms with Crippen molar-refractivity contribution in [1.29, 1.82) is 0 Å². The Bertz CT molecular complexity index is 397. The molecule has 16 heavy (non-hydrogen) atoms. The van der Waals surface area contributed by atoms with Crippen LogP contribution in [0.25, 0.3) is 0 Å². The molecular weight excluding hydrogens is 232 g/mol. The SMILES string of the molecule is COC1=CN2C(=O)C(N)[C@H]2SC1(C)C(=O)O. The Labute approximate surface area is 96.4 Å². The van der Waals surface area contributed by atoms with E-state index in [0.717, 1.165) is 11.8 Å². The molecule has 0 spiro atoms.